The summed E-state index contributed by atoms with van der Waals surface area (Å²) in [5.41, 5.74) is 1.85. The Kier molecular flexibility index (Phi) is 10.0. The van der Waals surface area contributed by atoms with Gasteiger partial charge in [0.25, 0.3) is 5.56 Å². The first-order chi connectivity index (χ1) is 19.3. The van der Waals surface area contributed by atoms with E-state index in [2.05, 4.69) is 24.3 Å². The molecule has 3 aromatic carbocycles. The Balaban J connectivity index is 0.000000557. The highest BCUT2D eigenvalue weighted by Crippen LogP contribution is 2.21. The lowest BCUT2D eigenvalue weighted by atomic mass is 10.0. The van der Waals surface area contributed by atoms with E-state index in [1.807, 2.05) is 42.1 Å². The van der Waals surface area contributed by atoms with E-state index in [0.717, 1.165) is 54.9 Å². The molecule has 208 valence electrons. The first-order valence-corrected chi connectivity index (χ1v) is 14.0. The quantitative estimate of drug-likeness (QED) is 0.261. The summed E-state index contributed by atoms with van der Waals surface area (Å²) < 4.78 is 15.1. The van der Waals surface area contributed by atoms with E-state index in [1.165, 1.54) is 17.0 Å². The van der Waals surface area contributed by atoms with Gasteiger partial charge in [0.05, 0.1) is 36.8 Å². The average molecular weight is 564 g/mol. The molecular weight excluding hydrogens is 533 g/mol. The van der Waals surface area contributed by atoms with Crippen LogP contribution >= 0.6 is 11.8 Å². The summed E-state index contributed by atoms with van der Waals surface area (Å²) in [6.45, 7) is 3.23. The molecule has 0 aliphatic carbocycles. The maximum Gasteiger partial charge on any atom is 0.351 e. The summed E-state index contributed by atoms with van der Waals surface area (Å²) in [6, 6.07) is 24.9. The van der Waals surface area contributed by atoms with E-state index in [-0.39, 0.29) is 17.4 Å². The van der Waals surface area contributed by atoms with Gasteiger partial charge in [-0.15, -0.1) is 11.8 Å². The molecule has 0 spiro atoms. The van der Waals surface area contributed by atoms with Crippen molar-refractivity contribution in [3.8, 4) is 0 Å². The zero-order chi connectivity index (χ0) is 28.5. The second-order valence-corrected chi connectivity index (χ2v) is 10.7. The summed E-state index contributed by atoms with van der Waals surface area (Å²) in [4.78, 5) is 34.3. The number of aromatic nitrogens is 2. The molecule has 0 bridgehead atoms. The number of carboxylic acids is 2. The van der Waals surface area contributed by atoms with Gasteiger partial charge < -0.3 is 19.9 Å². The van der Waals surface area contributed by atoms with Crippen molar-refractivity contribution < 1.29 is 29.1 Å². The number of aliphatic carboxylic acids is 2. The lowest BCUT2D eigenvalue weighted by molar-refractivity contribution is -0.903. The minimum absolute atomic E-state index is 0.00783. The molecule has 40 heavy (non-hydrogen) atoms. The monoisotopic (exact) mass is 563 g/mol. The van der Waals surface area contributed by atoms with Crippen LogP contribution in [-0.4, -0.2) is 52.2 Å². The molecule has 0 saturated carbocycles. The highest BCUT2D eigenvalue weighted by molar-refractivity contribution is 7.99. The molecule has 2 N–H and O–H groups in total. The molecule has 2 heterocycles. The van der Waals surface area contributed by atoms with E-state index in [1.54, 1.807) is 21.7 Å². The molecule has 1 aliphatic rings. The molecule has 8 nitrogen and oxygen atoms in total. The third-order valence-corrected chi connectivity index (χ3v) is 7.85. The summed E-state index contributed by atoms with van der Waals surface area (Å²) in [5, 5.41) is 22.8. The number of thioether (sulfide) groups is 1. The van der Waals surface area contributed by atoms with Gasteiger partial charge in [-0.3, -0.25) is 4.79 Å². The van der Waals surface area contributed by atoms with Crippen molar-refractivity contribution >= 4 is 34.5 Å². The normalized spacial score (nSPS) is 16.6. The lowest BCUT2D eigenvalue weighted by Crippen LogP contribution is -3.13. The molecule has 0 radical (unpaired) electrons. The number of halogens is 1. The highest BCUT2D eigenvalue weighted by atomic mass is 32.2. The topological polar surface area (TPSA) is 117 Å². The van der Waals surface area contributed by atoms with E-state index in [4.69, 9.17) is 24.9 Å². The van der Waals surface area contributed by atoms with Gasteiger partial charge in [0.1, 0.15) is 5.82 Å². The van der Waals surface area contributed by atoms with Gasteiger partial charge in [-0.2, -0.15) is 5.10 Å². The van der Waals surface area contributed by atoms with Gasteiger partial charge >= 0.3 is 5.97 Å². The summed E-state index contributed by atoms with van der Waals surface area (Å²) in [7, 11) is 0. The Labute approximate surface area is 235 Å². The SMILES string of the molecule is O=C([O-])C(=O)O.O=c1c2ccccc2c(Cc2ccc(F)cc2)nn1C1CC[NH+](CCSc2ccccc2)CC1. The number of carboxylic acid groups (broad SMARTS) is 2. The van der Waals surface area contributed by atoms with Crippen LogP contribution in [0.2, 0.25) is 0 Å². The van der Waals surface area contributed by atoms with Crippen LogP contribution in [0.25, 0.3) is 10.8 Å². The number of quaternary nitrogens is 1. The number of piperidine rings is 1. The van der Waals surface area contributed by atoms with E-state index < -0.39 is 11.9 Å². The zero-order valence-corrected chi connectivity index (χ0v) is 22.6. The molecule has 4 aromatic rings. The average Bonchev–Trinajstić information content (AvgIpc) is 2.97. The first-order valence-electron chi connectivity index (χ1n) is 13.0. The number of rotatable bonds is 7. The summed E-state index contributed by atoms with van der Waals surface area (Å²) in [5.74, 6) is -3.16. The number of likely N-dealkylation sites (tertiary alicyclic amines) is 1. The van der Waals surface area contributed by atoms with E-state index >= 15 is 0 Å². The largest absolute Gasteiger partial charge is 0.539 e. The molecule has 0 unspecified atom stereocenters. The molecular formula is C30H30FN3O5S. The van der Waals surface area contributed by atoms with Gasteiger partial charge in [-0.1, -0.05) is 48.5 Å². The second-order valence-electron chi connectivity index (χ2n) is 9.53. The number of carbonyl (C=O) groups excluding carboxylic acids is 1. The second kappa shape index (κ2) is 13.9. The van der Waals surface area contributed by atoms with Crippen LogP contribution in [-0.2, 0) is 16.0 Å². The van der Waals surface area contributed by atoms with Crippen LogP contribution in [0.5, 0.6) is 0 Å². The van der Waals surface area contributed by atoms with Gasteiger partial charge in [0, 0.05) is 35.3 Å². The fourth-order valence-corrected chi connectivity index (χ4v) is 5.76. The van der Waals surface area contributed by atoms with Crippen LogP contribution in [0.3, 0.4) is 0 Å². The lowest BCUT2D eigenvalue weighted by Gasteiger charge is -2.30. The van der Waals surface area contributed by atoms with Gasteiger partial charge in [0.15, 0.2) is 5.97 Å². The molecule has 1 fully saturated rings. The van der Waals surface area contributed by atoms with Crippen molar-refractivity contribution in [1.29, 1.82) is 0 Å². The van der Waals surface area contributed by atoms with Gasteiger partial charge in [-0.05, 0) is 35.9 Å². The van der Waals surface area contributed by atoms with Crippen molar-refractivity contribution in [2.24, 2.45) is 0 Å². The zero-order valence-electron chi connectivity index (χ0n) is 21.8. The standard InChI is InChI=1S/C28H28FN3OS.C2H2O4/c29-22-12-10-21(11-13-22)20-27-25-8-4-5-9-26(25)28(33)32(30-27)23-14-16-31(17-15-23)18-19-34-24-6-2-1-3-7-24;3-1(4)2(5)6/h1-13,23H,14-20H2;(H,3,4)(H,5,6). The Morgan fingerprint density at radius 2 is 1.57 bits per heavy atom. The Morgan fingerprint density at radius 3 is 2.20 bits per heavy atom. The Hall–Kier alpha value is -4.02. The number of hydrogen-bond acceptors (Lipinski definition) is 6. The van der Waals surface area contributed by atoms with Gasteiger partial charge in [0.2, 0.25) is 0 Å². The number of fused-ring (bicyclic) bond motifs is 1. The van der Waals surface area contributed by atoms with Crippen molar-refractivity contribution in [3.63, 3.8) is 0 Å². The van der Waals surface area contributed by atoms with Crippen LogP contribution in [0.1, 0.15) is 30.1 Å². The Morgan fingerprint density at radius 1 is 0.975 bits per heavy atom. The van der Waals surface area contributed by atoms with Crippen molar-refractivity contribution in [2.45, 2.75) is 30.2 Å². The van der Waals surface area contributed by atoms with Crippen molar-refractivity contribution in [3.05, 3.63) is 106 Å². The van der Waals surface area contributed by atoms with E-state index in [0.29, 0.717) is 11.8 Å². The fraction of sp³-hybridized carbons (Fsp3) is 0.267. The molecule has 0 atom stereocenters. The minimum atomic E-state index is -2.07. The summed E-state index contributed by atoms with van der Waals surface area (Å²) in [6.07, 6.45) is 2.47. The van der Waals surface area contributed by atoms with Crippen LogP contribution < -0.4 is 15.6 Å². The van der Waals surface area contributed by atoms with Crippen LogP contribution in [0, 0.1) is 5.82 Å². The number of nitrogens with one attached hydrogen (secondary N) is 1. The van der Waals surface area contributed by atoms with Crippen LogP contribution in [0.15, 0.2) is 88.6 Å². The smallest absolute Gasteiger partial charge is 0.351 e. The maximum atomic E-state index is 13.4. The third kappa shape index (κ3) is 7.77. The molecule has 10 heteroatoms. The number of hydrogen-bond donors (Lipinski definition) is 2. The number of carbonyl (C=O) groups is 2. The van der Waals surface area contributed by atoms with Crippen molar-refractivity contribution in [2.75, 3.05) is 25.4 Å². The minimum Gasteiger partial charge on any atom is -0.539 e. The Bertz CT molecular complexity index is 1490. The molecule has 1 saturated heterocycles. The molecule has 0 amide bonds. The van der Waals surface area contributed by atoms with Crippen molar-refractivity contribution in [1.82, 2.24) is 9.78 Å². The fourth-order valence-electron chi connectivity index (χ4n) is 4.78. The number of nitrogens with zero attached hydrogens (tertiary/aromatic N) is 2. The van der Waals surface area contributed by atoms with Crippen LogP contribution in [0.4, 0.5) is 4.39 Å². The predicted octanol–water partition coefficient (Wildman–Crippen LogP) is 1.96. The molecule has 1 aromatic heterocycles. The summed E-state index contributed by atoms with van der Waals surface area (Å²) >= 11 is 1.91. The highest BCUT2D eigenvalue weighted by Gasteiger charge is 2.26. The molecule has 5 rings (SSSR count). The van der Waals surface area contributed by atoms with E-state index in [9.17, 15) is 9.18 Å². The molecule has 1 aliphatic heterocycles. The first kappa shape index (κ1) is 29.0. The third-order valence-electron chi connectivity index (χ3n) is 6.84. The predicted molar refractivity (Wildman–Crippen MR) is 149 cm³/mol. The number of benzene rings is 3. The maximum absolute atomic E-state index is 13.4. The van der Waals surface area contributed by atoms with Gasteiger partial charge in [-0.25, -0.2) is 13.9 Å².